The molecule has 170 valence electrons. The Kier molecular flexibility index (Phi) is 6.07. The van der Waals surface area contributed by atoms with Crippen LogP contribution < -0.4 is 20.1 Å². The highest BCUT2D eigenvalue weighted by Gasteiger charge is 2.40. The highest BCUT2D eigenvalue weighted by Crippen LogP contribution is 2.36. The van der Waals surface area contributed by atoms with Crippen LogP contribution in [0.25, 0.3) is 0 Å². The summed E-state index contributed by atoms with van der Waals surface area (Å²) in [5.41, 5.74) is 1.47. The van der Waals surface area contributed by atoms with Crippen LogP contribution in [0.2, 0.25) is 0 Å². The van der Waals surface area contributed by atoms with Gasteiger partial charge in [0, 0.05) is 18.3 Å². The van der Waals surface area contributed by atoms with E-state index >= 15 is 0 Å². The Hall–Kier alpha value is -3.11. The Balaban J connectivity index is 1.56. The number of benzene rings is 2. The van der Waals surface area contributed by atoms with Crippen LogP contribution in [0.3, 0.4) is 0 Å². The summed E-state index contributed by atoms with van der Waals surface area (Å²) in [6.45, 7) is 4.15. The van der Waals surface area contributed by atoms with Crippen LogP contribution in [0.4, 0.5) is 11.4 Å². The van der Waals surface area contributed by atoms with E-state index in [0.29, 0.717) is 47.9 Å². The molecule has 1 unspecified atom stereocenters. The van der Waals surface area contributed by atoms with Crippen molar-refractivity contribution >= 4 is 33.2 Å². The first-order valence-electron chi connectivity index (χ1n) is 10.4. The van der Waals surface area contributed by atoms with Crippen molar-refractivity contribution in [1.82, 2.24) is 4.31 Å². The molecule has 10 heteroatoms. The first kappa shape index (κ1) is 22.1. The van der Waals surface area contributed by atoms with Gasteiger partial charge in [-0.2, -0.15) is 4.31 Å². The molecular formula is C22H25N3O6S. The van der Waals surface area contributed by atoms with Crippen molar-refractivity contribution in [1.29, 1.82) is 0 Å². The number of carbonyl (C=O) groups is 2. The minimum absolute atomic E-state index is 0.0631. The molecule has 1 saturated heterocycles. The quantitative estimate of drug-likeness (QED) is 0.686. The summed E-state index contributed by atoms with van der Waals surface area (Å²) in [7, 11) is -3.96. The van der Waals surface area contributed by atoms with Gasteiger partial charge in [-0.15, -0.1) is 0 Å². The van der Waals surface area contributed by atoms with Crippen LogP contribution in [0.1, 0.15) is 25.3 Å². The van der Waals surface area contributed by atoms with Crippen molar-refractivity contribution in [2.75, 3.05) is 30.4 Å². The zero-order chi connectivity index (χ0) is 22.9. The van der Waals surface area contributed by atoms with E-state index in [0.717, 1.165) is 0 Å². The molecule has 2 amide bonds. The minimum Gasteiger partial charge on any atom is -0.494 e. The second-order valence-electron chi connectivity index (χ2n) is 7.67. The number of rotatable bonds is 6. The number of carbonyl (C=O) groups excluding carboxylic acids is 2. The maximum atomic E-state index is 13.5. The van der Waals surface area contributed by atoms with Gasteiger partial charge >= 0.3 is 0 Å². The van der Waals surface area contributed by atoms with E-state index in [1.807, 2.05) is 6.92 Å². The molecule has 2 aliphatic heterocycles. The summed E-state index contributed by atoms with van der Waals surface area (Å²) in [6.07, 6.45) is 1.01. The van der Waals surface area contributed by atoms with Crippen molar-refractivity contribution in [3.63, 3.8) is 0 Å². The second kappa shape index (κ2) is 8.79. The van der Waals surface area contributed by atoms with Gasteiger partial charge in [-0.1, -0.05) is 0 Å². The van der Waals surface area contributed by atoms with E-state index in [9.17, 15) is 18.0 Å². The van der Waals surface area contributed by atoms with Gasteiger partial charge in [0.15, 0.2) is 6.61 Å². The molecule has 4 rings (SSSR count). The number of nitrogens with one attached hydrogen (secondary N) is 2. The molecule has 0 radical (unpaired) electrons. The molecule has 0 aromatic heterocycles. The molecule has 1 fully saturated rings. The molecule has 0 aliphatic carbocycles. The van der Waals surface area contributed by atoms with E-state index in [1.165, 1.54) is 10.4 Å². The average molecular weight is 460 g/mol. The van der Waals surface area contributed by atoms with Crippen molar-refractivity contribution in [2.24, 2.45) is 0 Å². The molecule has 2 heterocycles. The third-order valence-corrected chi connectivity index (χ3v) is 7.49. The van der Waals surface area contributed by atoms with Gasteiger partial charge in [0.2, 0.25) is 15.9 Å². The second-order valence-corrected chi connectivity index (χ2v) is 9.53. The molecule has 2 aromatic carbocycles. The van der Waals surface area contributed by atoms with Gasteiger partial charge in [-0.3, -0.25) is 9.59 Å². The molecule has 0 bridgehead atoms. The third-order valence-electron chi connectivity index (χ3n) is 5.44. The highest BCUT2D eigenvalue weighted by atomic mass is 32.2. The number of fused-ring (bicyclic) bond motifs is 1. The van der Waals surface area contributed by atoms with Gasteiger partial charge in [0.25, 0.3) is 5.91 Å². The van der Waals surface area contributed by atoms with Crippen molar-refractivity contribution in [3.05, 3.63) is 42.0 Å². The maximum absolute atomic E-state index is 13.5. The Labute approximate surface area is 186 Å². The Morgan fingerprint density at radius 1 is 1.28 bits per heavy atom. The van der Waals surface area contributed by atoms with Crippen LogP contribution in [0, 0.1) is 6.92 Å². The number of anilines is 2. The molecule has 2 aliphatic rings. The van der Waals surface area contributed by atoms with Gasteiger partial charge in [-0.05, 0) is 62.6 Å². The Bertz CT molecular complexity index is 1150. The van der Waals surface area contributed by atoms with Crippen molar-refractivity contribution in [3.8, 4) is 11.5 Å². The van der Waals surface area contributed by atoms with Crippen molar-refractivity contribution in [2.45, 2.75) is 37.6 Å². The summed E-state index contributed by atoms with van der Waals surface area (Å²) < 4.78 is 39.0. The number of amides is 2. The molecule has 0 saturated carbocycles. The lowest BCUT2D eigenvalue weighted by Crippen LogP contribution is -2.43. The molecular weight excluding hydrogens is 434 g/mol. The fourth-order valence-corrected chi connectivity index (χ4v) is 5.82. The van der Waals surface area contributed by atoms with Crippen molar-refractivity contribution < 1.29 is 27.5 Å². The Morgan fingerprint density at radius 3 is 2.75 bits per heavy atom. The number of nitrogens with zero attached hydrogens (tertiary/aromatic N) is 1. The monoisotopic (exact) mass is 459 g/mol. The lowest BCUT2D eigenvalue weighted by molar-refractivity contribution is -0.119. The fraction of sp³-hybridized carbons (Fsp3) is 0.364. The summed E-state index contributed by atoms with van der Waals surface area (Å²) in [6, 6.07) is 9.10. The summed E-state index contributed by atoms with van der Waals surface area (Å²) in [5, 5.41) is 5.47. The van der Waals surface area contributed by atoms with Crippen LogP contribution in [0.15, 0.2) is 41.3 Å². The van der Waals surface area contributed by atoms with Crippen LogP contribution in [-0.2, 0) is 19.6 Å². The lowest BCUT2D eigenvalue weighted by atomic mass is 10.2. The topological polar surface area (TPSA) is 114 Å². The third kappa shape index (κ3) is 4.28. The number of hydrogen-bond donors (Lipinski definition) is 2. The van der Waals surface area contributed by atoms with E-state index in [1.54, 1.807) is 37.3 Å². The van der Waals surface area contributed by atoms with Crippen LogP contribution in [0.5, 0.6) is 11.5 Å². The predicted molar refractivity (Wildman–Crippen MR) is 118 cm³/mol. The molecule has 2 aromatic rings. The number of ether oxygens (including phenoxy) is 2. The fourth-order valence-electron chi connectivity index (χ4n) is 3.94. The Morgan fingerprint density at radius 2 is 2.03 bits per heavy atom. The van der Waals surface area contributed by atoms with Gasteiger partial charge in [-0.25, -0.2) is 8.42 Å². The lowest BCUT2D eigenvalue weighted by Gasteiger charge is -2.26. The summed E-state index contributed by atoms with van der Waals surface area (Å²) >= 11 is 0. The van der Waals surface area contributed by atoms with Gasteiger partial charge in [0.05, 0.1) is 17.2 Å². The summed E-state index contributed by atoms with van der Waals surface area (Å²) in [4.78, 5) is 24.5. The molecule has 1 atom stereocenters. The molecule has 32 heavy (non-hydrogen) atoms. The maximum Gasteiger partial charge on any atom is 0.262 e. The summed E-state index contributed by atoms with van der Waals surface area (Å²) in [5.74, 6) is 0.313. The van der Waals surface area contributed by atoms with E-state index < -0.39 is 16.1 Å². The smallest absolute Gasteiger partial charge is 0.262 e. The standard InChI is InChI=1S/C22H25N3O6S/c1-3-30-16-8-6-15(7-9-16)23-22(27)18-5-4-10-25(18)32(28,29)20-12-19-17(11-14(20)2)24-21(26)13-31-19/h6-9,11-12,18H,3-5,10,13H2,1-2H3,(H,23,27)(H,24,26). The normalized spacial score (nSPS) is 18.4. The van der Waals surface area contributed by atoms with Gasteiger partial charge < -0.3 is 20.1 Å². The number of sulfonamides is 1. The predicted octanol–water partition coefficient (Wildman–Crippen LogP) is 2.52. The van der Waals surface area contributed by atoms with Crippen LogP contribution in [-0.4, -0.2) is 50.3 Å². The zero-order valence-corrected chi connectivity index (χ0v) is 18.7. The molecule has 9 nitrogen and oxygen atoms in total. The SMILES string of the molecule is CCOc1ccc(NC(=O)C2CCCN2S(=O)(=O)c2cc3c(cc2C)NC(=O)CO3)cc1. The van der Waals surface area contributed by atoms with Gasteiger partial charge in [0.1, 0.15) is 17.5 Å². The minimum atomic E-state index is -3.96. The number of aryl methyl sites for hydroxylation is 1. The van der Waals surface area contributed by atoms with E-state index in [2.05, 4.69) is 10.6 Å². The first-order valence-corrected chi connectivity index (χ1v) is 11.9. The van der Waals surface area contributed by atoms with E-state index in [-0.39, 0.29) is 29.9 Å². The largest absolute Gasteiger partial charge is 0.494 e. The number of hydrogen-bond acceptors (Lipinski definition) is 6. The molecule has 0 spiro atoms. The molecule has 2 N–H and O–H groups in total. The zero-order valence-electron chi connectivity index (χ0n) is 17.9. The highest BCUT2D eigenvalue weighted by molar-refractivity contribution is 7.89. The average Bonchev–Trinajstić information content (AvgIpc) is 3.26. The first-order chi connectivity index (χ1) is 15.3. The van der Waals surface area contributed by atoms with E-state index in [4.69, 9.17) is 9.47 Å². The van der Waals surface area contributed by atoms with Crippen LogP contribution >= 0.6 is 0 Å².